The van der Waals surface area contributed by atoms with E-state index in [2.05, 4.69) is 10.2 Å². The smallest absolute Gasteiger partial charge is 0.445 e. The van der Waals surface area contributed by atoms with Gasteiger partial charge in [-0.15, -0.1) is 10.2 Å². The highest BCUT2D eigenvalue weighted by Crippen LogP contribution is 2.36. The predicted octanol–water partition coefficient (Wildman–Crippen LogP) is 1.95. The molecule has 0 saturated carbocycles. The maximum atomic E-state index is 12.5. The lowest BCUT2D eigenvalue weighted by atomic mass is 10.2. The minimum absolute atomic E-state index is 0.117. The summed E-state index contributed by atoms with van der Waals surface area (Å²) in [5.41, 5.74) is 0. The fraction of sp³-hybridized carbons (Fsp3) is 0.667. The second-order valence-corrected chi connectivity index (χ2v) is 6.01. The Morgan fingerprint density at radius 2 is 2.21 bits per heavy atom. The molecule has 2 rings (SSSR count). The number of carboxylic acid groups (broad SMARTS) is 1. The first kappa shape index (κ1) is 14.4. The highest BCUT2D eigenvalue weighted by Gasteiger charge is 2.37. The summed E-state index contributed by atoms with van der Waals surface area (Å²) in [7, 11) is 0. The molecule has 2 heterocycles. The number of nitrogens with zero attached hydrogens (tertiary/aromatic N) is 3. The lowest BCUT2D eigenvalue weighted by Gasteiger charge is -2.33. The van der Waals surface area contributed by atoms with Crippen LogP contribution in [0, 0.1) is 0 Å². The molecule has 1 aromatic heterocycles. The van der Waals surface area contributed by atoms with Crippen LogP contribution in [-0.2, 0) is 11.0 Å². The lowest BCUT2D eigenvalue weighted by molar-refractivity contribution is -0.138. The van der Waals surface area contributed by atoms with E-state index in [9.17, 15) is 18.0 Å². The Labute approximate surface area is 114 Å². The Hall–Kier alpha value is -1.03. The van der Waals surface area contributed by atoms with Crippen LogP contribution in [0.4, 0.5) is 18.3 Å². The van der Waals surface area contributed by atoms with Gasteiger partial charge in [-0.3, -0.25) is 4.79 Å². The van der Waals surface area contributed by atoms with E-state index in [1.165, 1.54) is 0 Å². The number of rotatable bonds is 3. The third kappa shape index (κ3) is 3.50. The molecule has 0 amide bonds. The zero-order valence-electron chi connectivity index (χ0n) is 9.55. The van der Waals surface area contributed by atoms with Gasteiger partial charge in [-0.25, -0.2) is 0 Å². The first-order valence-corrected chi connectivity index (χ1v) is 7.32. The molecule has 1 aromatic rings. The average Bonchev–Trinajstić information content (AvgIpc) is 2.77. The molecule has 1 aliphatic heterocycles. The average molecular weight is 313 g/mol. The van der Waals surface area contributed by atoms with Crippen LogP contribution in [-0.4, -0.2) is 45.4 Å². The molecule has 106 valence electrons. The molecule has 5 nitrogen and oxygen atoms in total. The van der Waals surface area contributed by atoms with Crippen molar-refractivity contribution in [3.63, 3.8) is 0 Å². The first-order valence-electron chi connectivity index (χ1n) is 5.35. The van der Waals surface area contributed by atoms with E-state index in [1.54, 1.807) is 16.7 Å². The molecule has 1 aliphatic rings. The number of hydrogen-bond donors (Lipinski definition) is 1. The number of thioether (sulfide) groups is 1. The molecular weight excluding hydrogens is 303 g/mol. The summed E-state index contributed by atoms with van der Waals surface area (Å²) in [6, 6.07) is -0.342. The molecule has 0 radical (unpaired) electrons. The fourth-order valence-corrected chi connectivity index (χ4v) is 3.60. The van der Waals surface area contributed by atoms with Gasteiger partial charge in [0.05, 0.1) is 12.5 Å². The Morgan fingerprint density at radius 3 is 2.79 bits per heavy atom. The van der Waals surface area contributed by atoms with Gasteiger partial charge < -0.3 is 10.0 Å². The molecule has 0 aliphatic carbocycles. The van der Waals surface area contributed by atoms with Gasteiger partial charge in [0.15, 0.2) is 0 Å². The summed E-state index contributed by atoms with van der Waals surface area (Å²) in [5, 5.41) is 14.6. The van der Waals surface area contributed by atoms with Gasteiger partial charge in [-0.05, 0) is 0 Å². The van der Waals surface area contributed by atoms with Crippen LogP contribution < -0.4 is 4.90 Å². The molecule has 0 spiro atoms. The van der Waals surface area contributed by atoms with Crippen molar-refractivity contribution in [3.05, 3.63) is 5.01 Å². The van der Waals surface area contributed by atoms with Gasteiger partial charge in [0.1, 0.15) is 0 Å². The normalized spacial score (nSPS) is 20.6. The summed E-state index contributed by atoms with van der Waals surface area (Å²) < 4.78 is 37.4. The van der Waals surface area contributed by atoms with Crippen molar-refractivity contribution in [1.82, 2.24) is 10.2 Å². The number of anilines is 1. The number of carbonyl (C=O) groups is 1. The second-order valence-electron chi connectivity index (χ2n) is 3.91. The topological polar surface area (TPSA) is 66.3 Å². The SMILES string of the molecule is O=C(O)CC1CSCCN1c1nnc(C(F)(F)F)s1. The van der Waals surface area contributed by atoms with Crippen LogP contribution in [0.2, 0.25) is 0 Å². The van der Waals surface area contributed by atoms with Gasteiger partial charge in [0, 0.05) is 18.1 Å². The van der Waals surface area contributed by atoms with Crippen LogP contribution in [0.5, 0.6) is 0 Å². The Morgan fingerprint density at radius 1 is 1.47 bits per heavy atom. The minimum Gasteiger partial charge on any atom is -0.481 e. The molecule has 1 fully saturated rings. The molecule has 0 aromatic carbocycles. The van der Waals surface area contributed by atoms with E-state index in [1.807, 2.05) is 0 Å². The fourth-order valence-electron chi connectivity index (χ4n) is 1.72. The molecule has 1 N–H and O–H groups in total. The maximum Gasteiger partial charge on any atom is 0.445 e. The molecular formula is C9H10F3N3O2S2. The Bertz CT molecular complexity index is 466. The van der Waals surface area contributed by atoms with E-state index in [0.717, 1.165) is 5.75 Å². The van der Waals surface area contributed by atoms with E-state index < -0.39 is 17.2 Å². The predicted molar refractivity (Wildman–Crippen MR) is 65.6 cm³/mol. The van der Waals surface area contributed by atoms with Crippen molar-refractivity contribution in [2.75, 3.05) is 23.0 Å². The molecule has 0 bridgehead atoms. The van der Waals surface area contributed by atoms with Gasteiger partial charge in [-0.2, -0.15) is 24.9 Å². The summed E-state index contributed by atoms with van der Waals surface area (Å²) in [6.45, 7) is 0.481. The Kier molecular flexibility index (Phi) is 4.19. The quantitative estimate of drug-likeness (QED) is 0.920. The van der Waals surface area contributed by atoms with E-state index >= 15 is 0 Å². The summed E-state index contributed by atoms with van der Waals surface area (Å²) in [5.74, 6) is 0.322. The Balaban J connectivity index is 2.18. The van der Waals surface area contributed by atoms with Crippen molar-refractivity contribution in [2.24, 2.45) is 0 Å². The summed E-state index contributed by atoms with van der Waals surface area (Å²) >= 11 is 2.04. The van der Waals surface area contributed by atoms with E-state index in [-0.39, 0.29) is 17.6 Å². The van der Waals surface area contributed by atoms with Gasteiger partial charge in [-0.1, -0.05) is 11.3 Å². The van der Waals surface area contributed by atoms with E-state index in [0.29, 0.717) is 23.6 Å². The molecule has 19 heavy (non-hydrogen) atoms. The van der Waals surface area contributed by atoms with Crippen LogP contribution in [0.25, 0.3) is 0 Å². The third-order valence-corrected chi connectivity index (χ3v) is 4.64. The van der Waals surface area contributed by atoms with Crippen molar-refractivity contribution >= 4 is 34.2 Å². The summed E-state index contributed by atoms with van der Waals surface area (Å²) in [4.78, 5) is 12.4. The molecule has 10 heteroatoms. The molecule has 1 unspecified atom stereocenters. The number of alkyl halides is 3. The monoisotopic (exact) mass is 313 g/mol. The second kappa shape index (κ2) is 5.53. The number of carboxylic acids is 1. The highest BCUT2D eigenvalue weighted by atomic mass is 32.2. The zero-order valence-corrected chi connectivity index (χ0v) is 11.2. The van der Waals surface area contributed by atoms with Gasteiger partial charge >= 0.3 is 12.1 Å². The third-order valence-electron chi connectivity index (χ3n) is 2.54. The maximum absolute atomic E-state index is 12.5. The van der Waals surface area contributed by atoms with E-state index in [4.69, 9.17) is 5.11 Å². The van der Waals surface area contributed by atoms with Crippen molar-refractivity contribution in [1.29, 1.82) is 0 Å². The largest absolute Gasteiger partial charge is 0.481 e. The first-order chi connectivity index (χ1) is 8.88. The number of aromatic nitrogens is 2. The van der Waals surface area contributed by atoms with Crippen LogP contribution in [0.3, 0.4) is 0 Å². The highest BCUT2D eigenvalue weighted by molar-refractivity contribution is 7.99. The zero-order chi connectivity index (χ0) is 14.0. The minimum atomic E-state index is -4.51. The standard InChI is InChI=1S/C9H10F3N3O2S2/c10-9(11,12)7-13-14-8(19-7)15-1-2-18-4-5(15)3-6(16)17/h5H,1-4H2,(H,16,17). The number of hydrogen-bond acceptors (Lipinski definition) is 6. The molecule has 1 saturated heterocycles. The van der Waals surface area contributed by atoms with Crippen LogP contribution >= 0.6 is 23.1 Å². The number of aliphatic carboxylic acids is 1. The van der Waals surface area contributed by atoms with Gasteiger partial charge in [0.2, 0.25) is 10.1 Å². The van der Waals surface area contributed by atoms with Crippen molar-refractivity contribution in [2.45, 2.75) is 18.6 Å². The van der Waals surface area contributed by atoms with Crippen molar-refractivity contribution in [3.8, 4) is 0 Å². The summed E-state index contributed by atoms with van der Waals surface area (Å²) in [6.07, 6.45) is -4.63. The van der Waals surface area contributed by atoms with Gasteiger partial charge in [0.25, 0.3) is 0 Å². The lowest BCUT2D eigenvalue weighted by Crippen LogP contribution is -2.43. The number of halogens is 3. The van der Waals surface area contributed by atoms with Crippen LogP contribution in [0.15, 0.2) is 0 Å². The van der Waals surface area contributed by atoms with Crippen molar-refractivity contribution < 1.29 is 23.1 Å². The van der Waals surface area contributed by atoms with Crippen LogP contribution in [0.1, 0.15) is 11.4 Å². The molecule has 1 atom stereocenters.